The van der Waals surface area contributed by atoms with Crippen LogP contribution in [0.3, 0.4) is 0 Å². The summed E-state index contributed by atoms with van der Waals surface area (Å²) < 4.78 is 22.1. The number of hydrogen-bond acceptors (Lipinski definition) is 5. The number of rotatable bonds is 7. The summed E-state index contributed by atoms with van der Waals surface area (Å²) in [5.74, 6) is -1.33. The molecule has 0 aromatic heterocycles. The van der Waals surface area contributed by atoms with Gasteiger partial charge in [-0.25, -0.2) is 0 Å². The first kappa shape index (κ1) is 12.6. The number of hydrogen-bond donors (Lipinski definition) is 0. The van der Waals surface area contributed by atoms with Gasteiger partial charge >= 0.3 is 13.4 Å². The van der Waals surface area contributed by atoms with Gasteiger partial charge in [0.25, 0.3) is 0 Å². The van der Waals surface area contributed by atoms with Crippen molar-refractivity contribution in [3.63, 3.8) is 0 Å². The Labute approximate surface area is 88.6 Å². The summed E-state index contributed by atoms with van der Waals surface area (Å²) in [6.45, 7) is 3.62. The van der Waals surface area contributed by atoms with Gasteiger partial charge in [-0.1, -0.05) is 0 Å². The summed E-state index contributed by atoms with van der Waals surface area (Å²) in [6, 6.07) is 0. The van der Waals surface area contributed by atoms with Gasteiger partial charge in [0.2, 0.25) is 0 Å². The van der Waals surface area contributed by atoms with Crippen molar-refractivity contribution in [2.45, 2.75) is 32.5 Å². The molecule has 0 aromatic rings. The Morgan fingerprint density at radius 3 is 2.13 bits per heavy atom. The van der Waals surface area contributed by atoms with E-state index in [1.807, 2.05) is 0 Å². The molecule has 7 heteroatoms. The van der Waals surface area contributed by atoms with Crippen LogP contribution in [0.1, 0.15) is 26.7 Å². The first-order valence-electron chi connectivity index (χ1n) is 5.07. The lowest BCUT2D eigenvalue weighted by Gasteiger charge is -2.19. The molecule has 1 atom stereocenters. The second-order valence-corrected chi connectivity index (χ2v) is 5.54. The number of nitrogens with zero attached hydrogens (tertiary/aromatic N) is 1. The highest BCUT2D eigenvalue weighted by atomic mass is 31.2. The van der Waals surface area contributed by atoms with Gasteiger partial charge in [0.1, 0.15) is 0 Å². The molecule has 15 heavy (non-hydrogen) atoms. The van der Waals surface area contributed by atoms with Crippen molar-refractivity contribution in [2.75, 3.05) is 13.2 Å². The maximum absolute atomic E-state index is 12.2. The molecule has 0 saturated heterocycles. The molecule has 0 amide bonds. The highest BCUT2D eigenvalue weighted by Gasteiger charge is 2.54. The predicted octanol–water partition coefficient (Wildman–Crippen LogP) is 2.27. The van der Waals surface area contributed by atoms with Crippen molar-refractivity contribution in [3.05, 3.63) is 10.1 Å². The number of nitro groups is 1. The molecule has 0 aromatic carbocycles. The molecule has 0 radical (unpaired) electrons. The third kappa shape index (κ3) is 3.00. The lowest BCUT2D eigenvalue weighted by molar-refractivity contribution is -0.505. The Bertz CT molecular complexity index is 268. The molecule has 1 aliphatic rings. The Morgan fingerprint density at radius 2 is 1.87 bits per heavy atom. The van der Waals surface area contributed by atoms with Crippen molar-refractivity contribution >= 4 is 7.60 Å². The van der Waals surface area contributed by atoms with E-state index in [1.165, 1.54) is 0 Å². The van der Waals surface area contributed by atoms with Crippen LogP contribution in [0.5, 0.6) is 0 Å². The third-order valence-corrected chi connectivity index (χ3v) is 4.70. The summed E-state index contributed by atoms with van der Waals surface area (Å²) in [5.41, 5.74) is 0. The van der Waals surface area contributed by atoms with Gasteiger partial charge in [-0.3, -0.25) is 14.7 Å². The van der Waals surface area contributed by atoms with Crippen LogP contribution >= 0.6 is 7.60 Å². The molecular formula is C8H16NO5P. The Balaban J connectivity index is 2.83. The highest BCUT2D eigenvalue weighted by Crippen LogP contribution is 2.60. The van der Waals surface area contributed by atoms with Crippen molar-refractivity contribution in [2.24, 2.45) is 5.92 Å². The van der Waals surface area contributed by atoms with E-state index in [0.717, 1.165) is 12.8 Å². The van der Waals surface area contributed by atoms with Crippen LogP contribution in [0.2, 0.25) is 0 Å². The van der Waals surface area contributed by atoms with Crippen molar-refractivity contribution < 1.29 is 18.5 Å². The van der Waals surface area contributed by atoms with Gasteiger partial charge in [-0.05, 0) is 26.7 Å². The van der Waals surface area contributed by atoms with Crippen LogP contribution in [0.15, 0.2) is 0 Å². The van der Waals surface area contributed by atoms with Crippen LogP contribution in [0, 0.1) is 16.0 Å². The van der Waals surface area contributed by atoms with Crippen LogP contribution in [0.4, 0.5) is 0 Å². The smallest absolute Gasteiger partial charge is 0.304 e. The molecule has 1 rings (SSSR count). The fraction of sp³-hybridized carbons (Fsp3) is 1.00. The van der Waals surface area contributed by atoms with E-state index < -0.39 is 18.3 Å². The molecule has 0 aliphatic heterocycles. The average Bonchev–Trinajstić information content (AvgIpc) is 2.88. The molecule has 1 saturated carbocycles. The summed E-state index contributed by atoms with van der Waals surface area (Å²) in [4.78, 5) is 10.3. The lowest BCUT2D eigenvalue weighted by atomic mass is 10.4. The van der Waals surface area contributed by atoms with Crippen molar-refractivity contribution in [1.29, 1.82) is 0 Å². The summed E-state index contributed by atoms with van der Waals surface area (Å²) >= 11 is 0. The third-order valence-electron chi connectivity index (χ3n) is 2.20. The fourth-order valence-electron chi connectivity index (χ4n) is 1.49. The second-order valence-electron chi connectivity index (χ2n) is 3.41. The van der Waals surface area contributed by atoms with Gasteiger partial charge < -0.3 is 9.05 Å². The zero-order valence-corrected chi connectivity index (χ0v) is 9.81. The minimum absolute atomic E-state index is 0.149. The van der Waals surface area contributed by atoms with Crippen LogP contribution in [-0.4, -0.2) is 23.9 Å². The van der Waals surface area contributed by atoms with Crippen molar-refractivity contribution in [1.82, 2.24) is 0 Å². The summed E-state index contributed by atoms with van der Waals surface area (Å²) in [5, 5.41) is 10.9. The van der Waals surface area contributed by atoms with Gasteiger partial charge in [-0.2, -0.15) is 0 Å². The maximum atomic E-state index is 12.2. The Hall–Kier alpha value is -0.450. The van der Waals surface area contributed by atoms with Crippen LogP contribution in [-0.2, 0) is 13.6 Å². The van der Waals surface area contributed by atoms with E-state index in [2.05, 4.69) is 0 Å². The van der Waals surface area contributed by atoms with E-state index in [9.17, 15) is 14.7 Å². The molecule has 0 bridgehead atoms. The molecule has 6 nitrogen and oxygen atoms in total. The SMILES string of the molecule is CCOP(=O)(OCC)[C@@H](C1CC1)[N+](=O)[O-]. The molecule has 88 valence electrons. The van der Waals surface area contributed by atoms with Gasteiger partial charge in [0, 0.05) is 10.8 Å². The molecule has 0 unspecified atom stereocenters. The first-order valence-corrected chi connectivity index (χ1v) is 6.68. The molecule has 1 fully saturated rings. The first-order chi connectivity index (χ1) is 7.05. The zero-order valence-electron chi connectivity index (χ0n) is 8.92. The van der Waals surface area contributed by atoms with Crippen molar-refractivity contribution in [3.8, 4) is 0 Å². The summed E-state index contributed by atoms with van der Waals surface area (Å²) in [7, 11) is -3.58. The Kier molecular flexibility index (Phi) is 4.25. The van der Waals surface area contributed by atoms with E-state index in [1.54, 1.807) is 13.8 Å². The van der Waals surface area contributed by atoms with E-state index >= 15 is 0 Å². The second kappa shape index (κ2) is 5.05. The quantitative estimate of drug-likeness (QED) is 0.385. The normalized spacial score (nSPS) is 18.8. The highest BCUT2D eigenvalue weighted by molar-refractivity contribution is 7.54. The average molecular weight is 237 g/mol. The topological polar surface area (TPSA) is 78.7 Å². The van der Waals surface area contributed by atoms with Gasteiger partial charge in [0.15, 0.2) is 0 Å². The maximum Gasteiger partial charge on any atom is 0.404 e. The zero-order chi connectivity index (χ0) is 11.5. The molecule has 0 spiro atoms. The molecular weight excluding hydrogens is 221 g/mol. The summed E-state index contributed by atoms with van der Waals surface area (Å²) in [6.07, 6.45) is 1.46. The molecule has 0 N–H and O–H groups in total. The minimum Gasteiger partial charge on any atom is -0.304 e. The fourth-order valence-corrected chi connectivity index (χ4v) is 3.64. The lowest BCUT2D eigenvalue weighted by Crippen LogP contribution is -2.24. The van der Waals surface area contributed by atoms with Gasteiger partial charge in [0.05, 0.1) is 13.2 Å². The van der Waals surface area contributed by atoms with Crippen LogP contribution < -0.4 is 0 Å². The van der Waals surface area contributed by atoms with E-state index in [-0.39, 0.29) is 19.1 Å². The largest absolute Gasteiger partial charge is 0.404 e. The molecule has 1 aliphatic carbocycles. The Morgan fingerprint density at radius 1 is 1.40 bits per heavy atom. The minimum atomic E-state index is -3.58. The van der Waals surface area contributed by atoms with E-state index in [0.29, 0.717) is 0 Å². The standard InChI is InChI=1S/C8H16NO5P/c1-3-13-15(12,14-4-2)8(9(10)11)7-5-6-7/h7-8H,3-6H2,1-2H3/t8-/m0/s1. The predicted molar refractivity (Wildman–Crippen MR) is 54.4 cm³/mol. The molecule has 0 heterocycles. The monoisotopic (exact) mass is 237 g/mol. The van der Waals surface area contributed by atoms with Gasteiger partial charge in [-0.15, -0.1) is 0 Å². The van der Waals surface area contributed by atoms with Crippen LogP contribution in [0.25, 0.3) is 0 Å². The van der Waals surface area contributed by atoms with E-state index in [4.69, 9.17) is 9.05 Å².